The van der Waals surface area contributed by atoms with E-state index < -0.39 is 0 Å². The number of rotatable bonds is 3. The molecule has 0 amide bonds. The van der Waals surface area contributed by atoms with E-state index in [1.165, 1.54) is 0 Å². The fraction of sp³-hybridized carbons (Fsp3) is 0. The number of hydrogen-bond donors (Lipinski definition) is 1. The van der Waals surface area contributed by atoms with Crippen LogP contribution in [0.4, 0.5) is 0 Å². The number of hydrogen-bond acceptors (Lipinski definition) is 1. The first-order chi connectivity index (χ1) is 9.29. The minimum atomic E-state index is 0.668. The van der Waals surface area contributed by atoms with Gasteiger partial charge in [0.1, 0.15) is 0 Å². The Balaban J connectivity index is 2.10. The van der Waals surface area contributed by atoms with Gasteiger partial charge in [-0.1, -0.05) is 36.9 Å². The van der Waals surface area contributed by atoms with Gasteiger partial charge in [-0.15, -0.1) is 0 Å². The summed E-state index contributed by atoms with van der Waals surface area (Å²) >= 11 is 0. The molecule has 1 N–H and O–H groups in total. The zero-order valence-corrected chi connectivity index (χ0v) is 10.4. The third-order valence-corrected chi connectivity index (χ3v) is 3.31. The predicted octanol–water partition coefficient (Wildman–Crippen LogP) is 4.04. The Hall–Kier alpha value is -2.61. The van der Waals surface area contributed by atoms with E-state index in [1.54, 1.807) is 0 Å². The molecule has 0 aliphatic rings. The summed E-state index contributed by atoms with van der Waals surface area (Å²) in [6.45, 7) is 4.13. The van der Waals surface area contributed by atoms with E-state index in [1.807, 2.05) is 48.7 Å². The maximum atomic E-state index is 11.1. The summed E-state index contributed by atoms with van der Waals surface area (Å²) in [6, 6.07) is 15.7. The molecular formula is C17H13NO. The van der Waals surface area contributed by atoms with Crippen LogP contribution < -0.4 is 0 Å². The highest BCUT2D eigenvalue weighted by Crippen LogP contribution is 2.26. The van der Waals surface area contributed by atoms with E-state index in [-0.39, 0.29) is 0 Å². The van der Waals surface area contributed by atoms with Gasteiger partial charge in [-0.25, -0.2) is 0 Å². The van der Waals surface area contributed by atoms with Crippen LogP contribution in [0, 0.1) is 0 Å². The van der Waals surface area contributed by atoms with E-state index in [9.17, 15) is 4.79 Å². The van der Waals surface area contributed by atoms with Gasteiger partial charge >= 0.3 is 0 Å². The molecular weight excluding hydrogens is 234 g/mol. The SMILES string of the molecule is C=C(c1ccc2[nH]ccc2c1)c1ccccc1C=O. The van der Waals surface area contributed by atoms with Gasteiger partial charge in [0.2, 0.25) is 0 Å². The van der Waals surface area contributed by atoms with E-state index in [4.69, 9.17) is 0 Å². The first-order valence-corrected chi connectivity index (χ1v) is 6.10. The van der Waals surface area contributed by atoms with Crippen molar-refractivity contribution in [2.24, 2.45) is 0 Å². The number of carbonyl (C=O) groups excluding carboxylic acids is 1. The average Bonchev–Trinajstić information content (AvgIpc) is 2.93. The quantitative estimate of drug-likeness (QED) is 0.696. The van der Waals surface area contributed by atoms with Crippen LogP contribution in [0.5, 0.6) is 0 Å². The van der Waals surface area contributed by atoms with E-state index in [0.29, 0.717) is 5.56 Å². The smallest absolute Gasteiger partial charge is 0.150 e. The lowest BCUT2D eigenvalue weighted by Crippen LogP contribution is -1.92. The number of H-pyrrole nitrogens is 1. The van der Waals surface area contributed by atoms with Crippen molar-refractivity contribution in [3.05, 3.63) is 78.0 Å². The number of carbonyl (C=O) groups is 1. The molecule has 0 atom stereocenters. The molecule has 0 radical (unpaired) electrons. The average molecular weight is 247 g/mol. The van der Waals surface area contributed by atoms with Crippen LogP contribution in [-0.2, 0) is 0 Å². The summed E-state index contributed by atoms with van der Waals surface area (Å²) in [6.07, 6.45) is 2.78. The third kappa shape index (κ3) is 1.97. The standard InChI is InChI=1S/C17H13NO/c1-12(16-5-3-2-4-15(16)11-19)13-6-7-17-14(10-13)8-9-18-17/h2-11,18H,1H2. The Morgan fingerprint density at radius 2 is 1.95 bits per heavy atom. The number of aldehydes is 1. The predicted molar refractivity (Wildman–Crippen MR) is 78.3 cm³/mol. The molecule has 0 unspecified atom stereocenters. The molecule has 0 aliphatic carbocycles. The van der Waals surface area contributed by atoms with Gasteiger partial charge in [0.15, 0.2) is 6.29 Å². The Kier molecular flexibility index (Phi) is 2.76. The zero-order valence-electron chi connectivity index (χ0n) is 10.4. The third-order valence-electron chi connectivity index (χ3n) is 3.31. The zero-order chi connectivity index (χ0) is 13.2. The highest BCUT2D eigenvalue weighted by Gasteiger charge is 2.07. The monoisotopic (exact) mass is 247 g/mol. The maximum absolute atomic E-state index is 11.1. The molecule has 2 aromatic carbocycles. The van der Waals surface area contributed by atoms with Crippen molar-refractivity contribution in [1.29, 1.82) is 0 Å². The Labute approximate surface area is 111 Å². The molecule has 0 fully saturated rings. The maximum Gasteiger partial charge on any atom is 0.150 e. The molecule has 92 valence electrons. The van der Waals surface area contributed by atoms with Crippen LogP contribution >= 0.6 is 0 Å². The van der Waals surface area contributed by atoms with Crippen molar-refractivity contribution < 1.29 is 4.79 Å². The summed E-state index contributed by atoms with van der Waals surface area (Å²) in [7, 11) is 0. The lowest BCUT2D eigenvalue weighted by Gasteiger charge is -2.09. The molecule has 0 saturated heterocycles. The van der Waals surface area contributed by atoms with Gasteiger partial charge in [0, 0.05) is 17.3 Å². The molecule has 2 heteroatoms. The van der Waals surface area contributed by atoms with Crippen molar-refractivity contribution in [2.45, 2.75) is 0 Å². The molecule has 0 aliphatic heterocycles. The van der Waals surface area contributed by atoms with E-state index >= 15 is 0 Å². The van der Waals surface area contributed by atoms with Crippen LogP contribution in [0.3, 0.4) is 0 Å². The van der Waals surface area contributed by atoms with Crippen molar-refractivity contribution in [2.75, 3.05) is 0 Å². The van der Waals surface area contributed by atoms with Crippen LogP contribution in [0.25, 0.3) is 16.5 Å². The molecule has 1 aromatic heterocycles. The lowest BCUT2D eigenvalue weighted by atomic mass is 9.95. The Morgan fingerprint density at radius 1 is 1.11 bits per heavy atom. The van der Waals surface area contributed by atoms with Crippen molar-refractivity contribution >= 4 is 22.8 Å². The minimum Gasteiger partial charge on any atom is -0.361 e. The highest BCUT2D eigenvalue weighted by molar-refractivity contribution is 5.92. The van der Waals surface area contributed by atoms with Crippen molar-refractivity contribution in [3.8, 4) is 0 Å². The summed E-state index contributed by atoms with van der Waals surface area (Å²) in [4.78, 5) is 14.3. The molecule has 3 rings (SSSR count). The second-order valence-electron chi connectivity index (χ2n) is 4.46. The number of benzene rings is 2. The molecule has 1 heterocycles. The fourth-order valence-corrected chi connectivity index (χ4v) is 2.27. The van der Waals surface area contributed by atoms with Crippen LogP contribution in [0.1, 0.15) is 21.5 Å². The van der Waals surface area contributed by atoms with Gasteiger partial charge < -0.3 is 4.98 Å². The summed E-state index contributed by atoms with van der Waals surface area (Å²) in [5, 5.41) is 1.14. The first-order valence-electron chi connectivity index (χ1n) is 6.10. The number of aromatic nitrogens is 1. The number of aromatic amines is 1. The fourth-order valence-electron chi connectivity index (χ4n) is 2.27. The van der Waals surface area contributed by atoms with Gasteiger partial charge in [-0.2, -0.15) is 0 Å². The molecule has 2 nitrogen and oxygen atoms in total. The second-order valence-corrected chi connectivity index (χ2v) is 4.46. The molecule has 0 bridgehead atoms. The van der Waals surface area contributed by atoms with E-state index in [0.717, 1.165) is 33.9 Å². The Morgan fingerprint density at radius 3 is 2.79 bits per heavy atom. The number of fused-ring (bicyclic) bond motifs is 1. The van der Waals surface area contributed by atoms with Gasteiger partial charge in [0.25, 0.3) is 0 Å². The molecule has 19 heavy (non-hydrogen) atoms. The largest absolute Gasteiger partial charge is 0.361 e. The summed E-state index contributed by atoms with van der Waals surface area (Å²) < 4.78 is 0. The van der Waals surface area contributed by atoms with Gasteiger partial charge in [0.05, 0.1) is 0 Å². The van der Waals surface area contributed by atoms with E-state index in [2.05, 4.69) is 17.6 Å². The topological polar surface area (TPSA) is 32.9 Å². The van der Waals surface area contributed by atoms with Crippen LogP contribution in [0.2, 0.25) is 0 Å². The summed E-state index contributed by atoms with van der Waals surface area (Å²) in [5.74, 6) is 0. The molecule has 0 spiro atoms. The minimum absolute atomic E-state index is 0.668. The van der Waals surface area contributed by atoms with Gasteiger partial charge in [-0.05, 0) is 40.3 Å². The molecule has 3 aromatic rings. The Bertz CT molecular complexity index is 768. The number of nitrogens with one attached hydrogen (secondary N) is 1. The second kappa shape index (κ2) is 4.58. The normalized spacial score (nSPS) is 10.5. The van der Waals surface area contributed by atoms with Crippen LogP contribution in [0.15, 0.2) is 61.3 Å². The summed E-state index contributed by atoms with van der Waals surface area (Å²) in [5.41, 5.74) is 4.54. The highest BCUT2D eigenvalue weighted by atomic mass is 16.1. The van der Waals surface area contributed by atoms with Crippen LogP contribution in [-0.4, -0.2) is 11.3 Å². The van der Waals surface area contributed by atoms with Crippen molar-refractivity contribution in [3.63, 3.8) is 0 Å². The molecule has 0 saturated carbocycles. The first kappa shape index (κ1) is 11.5. The van der Waals surface area contributed by atoms with Crippen molar-refractivity contribution in [1.82, 2.24) is 4.98 Å². The lowest BCUT2D eigenvalue weighted by molar-refractivity contribution is 0.112. The van der Waals surface area contributed by atoms with Gasteiger partial charge in [-0.3, -0.25) is 4.79 Å².